The summed E-state index contributed by atoms with van der Waals surface area (Å²) in [4.78, 5) is 44.1. The molecule has 29 heavy (non-hydrogen) atoms. The number of carbonyl (C=O) groups is 3. The Morgan fingerprint density at radius 1 is 1.00 bits per heavy atom. The molecule has 3 heterocycles. The van der Waals surface area contributed by atoms with Gasteiger partial charge >= 0.3 is 0 Å². The summed E-state index contributed by atoms with van der Waals surface area (Å²) in [5.41, 5.74) is 0.736. The van der Waals surface area contributed by atoms with Gasteiger partial charge in [0.05, 0.1) is 11.1 Å². The lowest BCUT2D eigenvalue weighted by molar-refractivity contribution is -0.137. The molecule has 1 unspecified atom stereocenters. The average molecular weight is 414 g/mol. The topological polar surface area (TPSA) is 86.7 Å². The fourth-order valence-corrected chi connectivity index (χ4v) is 4.61. The molecule has 4 rings (SSSR count). The Morgan fingerprint density at radius 3 is 2.07 bits per heavy atom. The Bertz CT molecular complexity index is 930. The summed E-state index contributed by atoms with van der Waals surface area (Å²) in [5.74, 6) is -1.14. The second-order valence-electron chi connectivity index (χ2n) is 7.63. The molecule has 1 fully saturated rings. The largest absolute Gasteiger partial charge is 0.343 e. The van der Waals surface area contributed by atoms with Gasteiger partial charge in [-0.1, -0.05) is 37.3 Å². The van der Waals surface area contributed by atoms with Crippen molar-refractivity contribution in [2.24, 2.45) is 5.92 Å². The van der Waals surface area contributed by atoms with Gasteiger partial charge in [-0.05, 0) is 25.0 Å². The molecule has 0 spiro atoms. The Balaban J connectivity index is 1.51. The lowest BCUT2D eigenvalue weighted by Gasteiger charge is -2.38. The van der Waals surface area contributed by atoms with Gasteiger partial charge in [0, 0.05) is 26.2 Å². The van der Waals surface area contributed by atoms with E-state index >= 15 is 0 Å². The van der Waals surface area contributed by atoms with Crippen molar-refractivity contribution in [2.45, 2.75) is 26.8 Å². The van der Waals surface area contributed by atoms with Crippen LogP contribution in [-0.2, 0) is 4.79 Å². The molecule has 9 heteroatoms. The third-order valence-electron chi connectivity index (χ3n) is 5.37. The number of rotatable bonds is 4. The van der Waals surface area contributed by atoms with E-state index in [1.165, 1.54) is 11.3 Å². The van der Waals surface area contributed by atoms with Crippen LogP contribution in [0.15, 0.2) is 24.3 Å². The van der Waals surface area contributed by atoms with Crippen molar-refractivity contribution in [3.63, 3.8) is 0 Å². The molecule has 152 valence electrons. The molecule has 8 nitrogen and oxygen atoms in total. The van der Waals surface area contributed by atoms with E-state index in [0.29, 0.717) is 37.3 Å². The average Bonchev–Trinajstić information content (AvgIpc) is 3.25. The fourth-order valence-electron chi connectivity index (χ4n) is 3.87. The van der Waals surface area contributed by atoms with E-state index < -0.39 is 6.04 Å². The molecule has 0 radical (unpaired) electrons. The maximum Gasteiger partial charge on any atom is 0.262 e. The summed E-state index contributed by atoms with van der Waals surface area (Å²) in [6, 6.07) is 5.93. The second kappa shape index (κ2) is 7.55. The summed E-state index contributed by atoms with van der Waals surface area (Å²) in [5, 5.41) is 9.99. The van der Waals surface area contributed by atoms with Crippen molar-refractivity contribution < 1.29 is 14.4 Å². The van der Waals surface area contributed by atoms with Crippen molar-refractivity contribution in [2.75, 3.05) is 31.1 Å². The number of nitrogens with zero attached hydrogens (tertiary/aromatic N) is 5. The van der Waals surface area contributed by atoms with Crippen LogP contribution in [-0.4, -0.2) is 69.9 Å². The molecular weight excluding hydrogens is 390 g/mol. The molecule has 0 saturated carbocycles. The number of carbonyl (C=O) groups excluding carboxylic acids is 3. The molecule has 1 saturated heterocycles. The van der Waals surface area contributed by atoms with Crippen molar-refractivity contribution in [3.05, 3.63) is 40.4 Å². The van der Waals surface area contributed by atoms with E-state index in [9.17, 15) is 14.4 Å². The SMILES string of the molecule is Cc1nnc(N2CCN(C(=O)C(C(C)C)N3C(=O)c4ccccc4C3=O)CC2)s1. The highest BCUT2D eigenvalue weighted by molar-refractivity contribution is 7.15. The number of hydrogen-bond acceptors (Lipinski definition) is 7. The summed E-state index contributed by atoms with van der Waals surface area (Å²) in [7, 11) is 0. The van der Waals surface area contributed by atoms with Crippen molar-refractivity contribution in [1.29, 1.82) is 0 Å². The smallest absolute Gasteiger partial charge is 0.262 e. The van der Waals surface area contributed by atoms with Crippen LogP contribution in [0.4, 0.5) is 5.13 Å². The Morgan fingerprint density at radius 2 is 1.59 bits per heavy atom. The zero-order valence-corrected chi connectivity index (χ0v) is 17.5. The zero-order chi connectivity index (χ0) is 20.7. The lowest BCUT2D eigenvalue weighted by Crippen LogP contribution is -2.57. The van der Waals surface area contributed by atoms with Gasteiger partial charge in [0.1, 0.15) is 11.0 Å². The summed E-state index contributed by atoms with van der Waals surface area (Å²) in [6.07, 6.45) is 0. The molecule has 0 bridgehead atoms. The van der Waals surface area contributed by atoms with Crippen LogP contribution in [0, 0.1) is 12.8 Å². The molecule has 2 aromatic rings. The van der Waals surface area contributed by atoms with E-state index in [0.717, 1.165) is 15.0 Å². The number of imide groups is 1. The van der Waals surface area contributed by atoms with Crippen LogP contribution in [0.3, 0.4) is 0 Å². The molecule has 0 aliphatic carbocycles. The minimum absolute atomic E-state index is 0.178. The summed E-state index contributed by atoms with van der Waals surface area (Å²) >= 11 is 1.53. The van der Waals surface area contributed by atoms with E-state index in [1.54, 1.807) is 29.2 Å². The van der Waals surface area contributed by atoms with Gasteiger partial charge in [-0.15, -0.1) is 10.2 Å². The quantitative estimate of drug-likeness (QED) is 0.711. The fraction of sp³-hybridized carbons (Fsp3) is 0.450. The van der Waals surface area contributed by atoms with Gasteiger partial charge in [-0.3, -0.25) is 19.3 Å². The van der Waals surface area contributed by atoms with Gasteiger partial charge < -0.3 is 9.80 Å². The van der Waals surface area contributed by atoms with Crippen molar-refractivity contribution >= 4 is 34.2 Å². The molecule has 3 amide bonds. The number of hydrogen-bond donors (Lipinski definition) is 0. The highest BCUT2D eigenvalue weighted by Crippen LogP contribution is 2.28. The van der Waals surface area contributed by atoms with Gasteiger partial charge in [0.15, 0.2) is 0 Å². The van der Waals surface area contributed by atoms with Gasteiger partial charge in [0.25, 0.3) is 11.8 Å². The minimum Gasteiger partial charge on any atom is -0.343 e. The van der Waals surface area contributed by atoms with Crippen LogP contribution in [0.5, 0.6) is 0 Å². The molecule has 0 N–H and O–H groups in total. The first kappa shape index (κ1) is 19.5. The number of benzene rings is 1. The molecule has 2 aliphatic heterocycles. The number of fused-ring (bicyclic) bond motifs is 1. The molecule has 1 aromatic heterocycles. The number of piperazine rings is 1. The van der Waals surface area contributed by atoms with Crippen LogP contribution in [0.25, 0.3) is 0 Å². The van der Waals surface area contributed by atoms with Crippen LogP contribution in [0.1, 0.15) is 39.6 Å². The monoisotopic (exact) mass is 413 g/mol. The van der Waals surface area contributed by atoms with Gasteiger partial charge in [-0.25, -0.2) is 0 Å². The van der Waals surface area contributed by atoms with E-state index in [-0.39, 0.29) is 23.6 Å². The number of anilines is 1. The van der Waals surface area contributed by atoms with E-state index in [4.69, 9.17) is 0 Å². The minimum atomic E-state index is -0.808. The third-order valence-corrected chi connectivity index (χ3v) is 6.26. The lowest BCUT2D eigenvalue weighted by atomic mass is 10.0. The van der Waals surface area contributed by atoms with E-state index in [2.05, 4.69) is 15.1 Å². The maximum absolute atomic E-state index is 13.4. The predicted octanol–water partition coefficient (Wildman–Crippen LogP) is 1.82. The highest BCUT2D eigenvalue weighted by Gasteiger charge is 2.45. The van der Waals surface area contributed by atoms with Crippen molar-refractivity contribution in [1.82, 2.24) is 20.0 Å². The Labute approximate surface area is 173 Å². The second-order valence-corrected chi connectivity index (χ2v) is 8.79. The Hall–Kier alpha value is -2.81. The van der Waals surface area contributed by atoms with Crippen LogP contribution >= 0.6 is 11.3 Å². The van der Waals surface area contributed by atoms with E-state index in [1.807, 2.05) is 20.8 Å². The standard InChI is InChI=1S/C20H23N5O3S/c1-12(2)16(25-17(26)14-6-4-5-7-15(14)18(25)27)19(28)23-8-10-24(11-9-23)20-22-21-13(3)29-20/h4-7,12,16H,8-11H2,1-3H3. The molecule has 1 atom stereocenters. The molecule has 2 aliphatic rings. The zero-order valence-electron chi connectivity index (χ0n) is 16.7. The van der Waals surface area contributed by atoms with Crippen LogP contribution in [0.2, 0.25) is 0 Å². The van der Waals surface area contributed by atoms with Gasteiger partial charge in [-0.2, -0.15) is 0 Å². The molecular formula is C20H23N5O3S. The molecule has 1 aromatic carbocycles. The highest BCUT2D eigenvalue weighted by atomic mass is 32.1. The summed E-state index contributed by atoms with van der Waals surface area (Å²) < 4.78 is 0. The number of amides is 3. The van der Waals surface area contributed by atoms with Gasteiger partial charge in [0.2, 0.25) is 11.0 Å². The number of aryl methyl sites for hydroxylation is 1. The predicted molar refractivity (Wildman–Crippen MR) is 109 cm³/mol. The normalized spacial score (nSPS) is 17.9. The first-order chi connectivity index (χ1) is 13.9. The third kappa shape index (κ3) is 3.39. The Kier molecular flexibility index (Phi) is 5.08. The van der Waals surface area contributed by atoms with Crippen molar-refractivity contribution in [3.8, 4) is 0 Å². The maximum atomic E-state index is 13.4. The number of aromatic nitrogens is 2. The van der Waals surface area contributed by atoms with Crippen LogP contribution < -0.4 is 4.90 Å². The first-order valence-corrected chi connectivity index (χ1v) is 10.5. The summed E-state index contributed by atoms with van der Waals surface area (Å²) in [6.45, 7) is 7.98. The first-order valence-electron chi connectivity index (χ1n) is 9.69.